The summed E-state index contributed by atoms with van der Waals surface area (Å²) >= 11 is 0. The Balaban J connectivity index is 1.50. The van der Waals surface area contributed by atoms with Gasteiger partial charge in [0.25, 0.3) is 0 Å². The van der Waals surface area contributed by atoms with Gasteiger partial charge in [0.2, 0.25) is 0 Å². The van der Waals surface area contributed by atoms with Gasteiger partial charge in [-0.3, -0.25) is 0 Å². The van der Waals surface area contributed by atoms with Crippen LogP contribution in [-0.4, -0.2) is 39.1 Å². The van der Waals surface area contributed by atoms with Crippen LogP contribution in [0.4, 0.5) is 5.69 Å². The standard InChI is InChI=1S/C22H22N2O4/c23-8-10-25-18-6-2-3-15-7-9-24(20(15)18)21(19-14-28-19)16-4-1-5-17(13-16)22-26-11-12-27-22/h1-6,13,19,21-22H,7,9-12,14H2/t19-,21+/m0/s1. The number of epoxide rings is 1. The Morgan fingerprint density at radius 3 is 2.75 bits per heavy atom. The summed E-state index contributed by atoms with van der Waals surface area (Å²) in [5.74, 6) is 0.765. The van der Waals surface area contributed by atoms with Gasteiger partial charge in [-0.1, -0.05) is 30.3 Å². The molecule has 2 fully saturated rings. The molecule has 0 radical (unpaired) electrons. The summed E-state index contributed by atoms with van der Waals surface area (Å²) in [4.78, 5) is 2.37. The topological polar surface area (TPSA) is 67.2 Å². The van der Waals surface area contributed by atoms with E-state index >= 15 is 0 Å². The number of hydrogen-bond acceptors (Lipinski definition) is 6. The average Bonchev–Trinajstić information content (AvgIpc) is 3.23. The number of benzene rings is 2. The lowest BCUT2D eigenvalue weighted by Gasteiger charge is -2.31. The van der Waals surface area contributed by atoms with Crippen molar-refractivity contribution in [2.75, 3.05) is 37.9 Å². The van der Waals surface area contributed by atoms with Gasteiger partial charge in [-0.15, -0.1) is 0 Å². The molecule has 2 aromatic rings. The third-order valence-electron chi connectivity index (χ3n) is 5.48. The number of anilines is 1. The number of nitriles is 1. The molecule has 5 rings (SSSR count). The van der Waals surface area contributed by atoms with Crippen LogP contribution in [0.3, 0.4) is 0 Å². The zero-order valence-corrected chi connectivity index (χ0v) is 15.5. The lowest BCUT2D eigenvalue weighted by atomic mass is 9.99. The summed E-state index contributed by atoms with van der Waals surface area (Å²) in [7, 11) is 0. The van der Waals surface area contributed by atoms with Crippen molar-refractivity contribution in [1.82, 2.24) is 0 Å². The van der Waals surface area contributed by atoms with Crippen LogP contribution in [-0.2, 0) is 20.6 Å². The molecule has 28 heavy (non-hydrogen) atoms. The van der Waals surface area contributed by atoms with Gasteiger partial charge in [0, 0.05) is 12.1 Å². The van der Waals surface area contributed by atoms with Crippen LogP contribution in [0.1, 0.15) is 29.0 Å². The molecule has 2 aromatic carbocycles. The Morgan fingerprint density at radius 2 is 1.96 bits per heavy atom. The monoisotopic (exact) mass is 378 g/mol. The Labute approximate surface area is 164 Å². The summed E-state index contributed by atoms with van der Waals surface area (Å²) in [6.07, 6.45) is 0.813. The molecule has 6 heteroatoms. The molecule has 2 atom stereocenters. The molecular formula is C22H22N2O4. The molecule has 0 amide bonds. The maximum absolute atomic E-state index is 8.93. The lowest BCUT2D eigenvalue weighted by molar-refractivity contribution is -0.0441. The van der Waals surface area contributed by atoms with Gasteiger partial charge in [-0.05, 0) is 29.7 Å². The summed E-state index contributed by atoms with van der Waals surface area (Å²) in [6.45, 7) is 2.94. The minimum absolute atomic E-state index is 0.0424. The van der Waals surface area contributed by atoms with Gasteiger partial charge in [0.05, 0.1) is 31.5 Å². The fourth-order valence-corrected chi connectivity index (χ4v) is 4.23. The molecule has 3 aliphatic rings. The molecule has 0 unspecified atom stereocenters. The highest BCUT2D eigenvalue weighted by Gasteiger charge is 2.41. The van der Waals surface area contributed by atoms with E-state index in [9.17, 15) is 0 Å². The van der Waals surface area contributed by atoms with Crippen LogP contribution in [0.25, 0.3) is 0 Å². The van der Waals surface area contributed by atoms with Crippen LogP contribution >= 0.6 is 0 Å². The fraction of sp³-hybridized carbons (Fsp3) is 0.409. The van der Waals surface area contributed by atoms with Crippen molar-refractivity contribution in [2.24, 2.45) is 0 Å². The molecular weight excluding hydrogens is 356 g/mol. The molecule has 3 aliphatic heterocycles. The Bertz CT molecular complexity index is 900. The minimum atomic E-state index is -0.291. The highest BCUT2D eigenvalue weighted by Crippen LogP contribution is 2.45. The zero-order chi connectivity index (χ0) is 18.9. The van der Waals surface area contributed by atoms with Crippen molar-refractivity contribution in [3.05, 3.63) is 59.2 Å². The predicted octanol–water partition coefficient (Wildman–Crippen LogP) is 3.14. The first kappa shape index (κ1) is 17.5. The maximum atomic E-state index is 8.93. The number of nitrogens with zero attached hydrogens (tertiary/aromatic N) is 2. The number of rotatable bonds is 6. The smallest absolute Gasteiger partial charge is 0.184 e. The first-order valence-electron chi connectivity index (χ1n) is 9.68. The largest absolute Gasteiger partial charge is 0.477 e. The quantitative estimate of drug-likeness (QED) is 0.720. The Kier molecular flexibility index (Phi) is 4.65. The van der Waals surface area contributed by atoms with Crippen molar-refractivity contribution in [2.45, 2.75) is 24.9 Å². The average molecular weight is 378 g/mol. The van der Waals surface area contributed by atoms with E-state index in [4.69, 9.17) is 24.2 Å². The molecule has 0 spiro atoms. The number of ether oxygens (including phenoxy) is 4. The van der Waals surface area contributed by atoms with Crippen LogP contribution in [0.5, 0.6) is 5.75 Å². The second kappa shape index (κ2) is 7.44. The van der Waals surface area contributed by atoms with Crippen molar-refractivity contribution in [3.63, 3.8) is 0 Å². The first-order valence-corrected chi connectivity index (χ1v) is 9.68. The van der Waals surface area contributed by atoms with E-state index < -0.39 is 0 Å². The third kappa shape index (κ3) is 3.22. The fourth-order valence-electron chi connectivity index (χ4n) is 4.23. The molecule has 0 saturated carbocycles. The van der Waals surface area contributed by atoms with E-state index in [1.807, 2.05) is 18.2 Å². The Hall–Kier alpha value is -2.59. The summed E-state index contributed by atoms with van der Waals surface area (Å²) in [5.41, 5.74) is 4.55. The van der Waals surface area contributed by atoms with E-state index in [-0.39, 0.29) is 25.0 Å². The molecule has 0 aliphatic carbocycles. The zero-order valence-electron chi connectivity index (χ0n) is 15.5. The second-order valence-electron chi connectivity index (χ2n) is 7.21. The summed E-state index contributed by atoms with van der Waals surface area (Å²) in [6, 6.07) is 16.6. The molecule has 3 heterocycles. The van der Waals surface area contributed by atoms with E-state index in [1.165, 1.54) is 11.1 Å². The Morgan fingerprint density at radius 1 is 1.14 bits per heavy atom. The lowest BCUT2D eigenvalue weighted by Crippen LogP contribution is -2.31. The SMILES string of the molecule is N#CCOc1cccc2c1N([C@H](c1cccc(C3OCCO3)c1)[C@@H]1CO1)CC2. The maximum Gasteiger partial charge on any atom is 0.184 e. The summed E-state index contributed by atoms with van der Waals surface area (Å²) < 4.78 is 22.8. The van der Waals surface area contributed by atoms with E-state index in [2.05, 4.69) is 35.2 Å². The van der Waals surface area contributed by atoms with Gasteiger partial charge < -0.3 is 23.8 Å². The van der Waals surface area contributed by atoms with Crippen LogP contribution in [0.15, 0.2) is 42.5 Å². The van der Waals surface area contributed by atoms with E-state index in [0.717, 1.165) is 36.6 Å². The highest BCUT2D eigenvalue weighted by atomic mass is 16.7. The third-order valence-corrected chi connectivity index (χ3v) is 5.48. The number of hydrogen-bond donors (Lipinski definition) is 0. The number of fused-ring (bicyclic) bond motifs is 1. The van der Waals surface area contributed by atoms with Gasteiger partial charge in [-0.2, -0.15) is 5.26 Å². The van der Waals surface area contributed by atoms with E-state index in [1.54, 1.807) is 0 Å². The van der Waals surface area contributed by atoms with Gasteiger partial charge in [0.15, 0.2) is 12.9 Å². The van der Waals surface area contributed by atoms with Crippen LogP contribution < -0.4 is 9.64 Å². The minimum Gasteiger partial charge on any atom is -0.477 e. The molecule has 0 N–H and O–H groups in total. The van der Waals surface area contributed by atoms with Crippen molar-refractivity contribution in [3.8, 4) is 11.8 Å². The second-order valence-corrected chi connectivity index (χ2v) is 7.21. The van der Waals surface area contributed by atoms with Crippen LogP contribution in [0, 0.1) is 11.3 Å². The number of para-hydroxylation sites is 1. The van der Waals surface area contributed by atoms with Crippen LogP contribution in [0.2, 0.25) is 0 Å². The van der Waals surface area contributed by atoms with Gasteiger partial charge in [-0.25, -0.2) is 0 Å². The van der Waals surface area contributed by atoms with Crippen molar-refractivity contribution >= 4 is 5.69 Å². The van der Waals surface area contributed by atoms with Gasteiger partial charge in [0.1, 0.15) is 17.9 Å². The van der Waals surface area contributed by atoms with E-state index in [0.29, 0.717) is 13.2 Å². The molecule has 2 saturated heterocycles. The first-order chi connectivity index (χ1) is 13.8. The molecule has 0 aromatic heterocycles. The normalized spacial score (nSPS) is 22.0. The highest BCUT2D eigenvalue weighted by molar-refractivity contribution is 5.68. The summed E-state index contributed by atoms with van der Waals surface area (Å²) in [5, 5.41) is 8.93. The van der Waals surface area contributed by atoms with Gasteiger partial charge >= 0.3 is 0 Å². The van der Waals surface area contributed by atoms with Crippen molar-refractivity contribution in [1.29, 1.82) is 5.26 Å². The molecule has 6 nitrogen and oxygen atoms in total. The van der Waals surface area contributed by atoms with Crippen molar-refractivity contribution < 1.29 is 18.9 Å². The molecule has 144 valence electrons. The predicted molar refractivity (Wildman–Crippen MR) is 102 cm³/mol. The molecule has 0 bridgehead atoms.